The van der Waals surface area contributed by atoms with Crippen molar-refractivity contribution in [2.45, 2.75) is 24.7 Å². The molecule has 21 heavy (non-hydrogen) atoms. The van der Waals surface area contributed by atoms with Gasteiger partial charge in [-0.2, -0.15) is 4.31 Å². The molecule has 1 aromatic rings. The summed E-state index contributed by atoms with van der Waals surface area (Å²) in [4.78, 5) is 10.3. The number of carboxylic acids is 1. The standard InChI is InChI=1S/C13H15F2NO4S/c1-2-13(12(17)18)6-7-16(8-13)21(19,20)11-9(14)4-3-5-10(11)15/h3-5H,2,6-8H2,1H3,(H,17,18). The number of benzene rings is 1. The minimum Gasteiger partial charge on any atom is -0.481 e. The van der Waals surface area contributed by atoms with Crippen LogP contribution in [0.15, 0.2) is 23.1 Å². The van der Waals surface area contributed by atoms with Crippen LogP contribution in [0.3, 0.4) is 0 Å². The molecule has 1 N–H and O–H groups in total. The van der Waals surface area contributed by atoms with Crippen molar-refractivity contribution < 1.29 is 27.1 Å². The molecule has 1 unspecified atom stereocenters. The van der Waals surface area contributed by atoms with Gasteiger partial charge in [0.1, 0.15) is 11.6 Å². The minimum atomic E-state index is -4.39. The Morgan fingerprint density at radius 1 is 1.38 bits per heavy atom. The molecule has 0 radical (unpaired) electrons. The Bertz CT molecular complexity index is 656. The molecule has 0 bridgehead atoms. The molecule has 1 aromatic carbocycles. The van der Waals surface area contributed by atoms with Crippen LogP contribution in [0.2, 0.25) is 0 Å². The fourth-order valence-corrected chi connectivity index (χ4v) is 4.15. The van der Waals surface area contributed by atoms with E-state index in [1.165, 1.54) is 0 Å². The lowest BCUT2D eigenvalue weighted by molar-refractivity contribution is -0.148. The van der Waals surface area contributed by atoms with Gasteiger partial charge in [-0.3, -0.25) is 4.79 Å². The number of rotatable bonds is 4. The number of halogens is 2. The van der Waals surface area contributed by atoms with Crippen LogP contribution in [-0.2, 0) is 14.8 Å². The Morgan fingerprint density at radius 3 is 2.38 bits per heavy atom. The number of carbonyl (C=O) groups is 1. The second-order valence-electron chi connectivity index (χ2n) is 5.08. The van der Waals surface area contributed by atoms with Crippen molar-refractivity contribution in [2.75, 3.05) is 13.1 Å². The molecule has 0 amide bonds. The Hall–Kier alpha value is -1.54. The Morgan fingerprint density at radius 2 is 1.95 bits per heavy atom. The van der Waals surface area contributed by atoms with Gasteiger partial charge in [-0.25, -0.2) is 17.2 Å². The second kappa shape index (κ2) is 5.34. The first-order valence-electron chi connectivity index (χ1n) is 6.42. The molecule has 1 fully saturated rings. The van der Waals surface area contributed by atoms with Gasteiger partial charge in [0.05, 0.1) is 5.41 Å². The third-order valence-electron chi connectivity index (χ3n) is 3.97. The number of carboxylic acid groups (broad SMARTS) is 1. The maximum atomic E-state index is 13.7. The third kappa shape index (κ3) is 2.53. The molecule has 2 rings (SSSR count). The van der Waals surface area contributed by atoms with E-state index in [0.29, 0.717) is 0 Å². The summed E-state index contributed by atoms with van der Waals surface area (Å²) in [7, 11) is -4.39. The first kappa shape index (κ1) is 15.8. The molecule has 0 saturated carbocycles. The highest BCUT2D eigenvalue weighted by Gasteiger charge is 2.48. The average molecular weight is 319 g/mol. The number of hydrogen-bond acceptors (Lipinski definition) is 3. The number of sulfonamides is 1. The third-order valence-corrected chi connectivity index (χ3v) is 5.86. The first-order chi connectivity index (χ1) is 9.74. The molecule has 1 heterocycles. The van der Waals surface area contributed by atoms with Gasteiger partial charge < -0.3 is 5.11 Å². The summed E-state index contributed by atoms with van der Waals surface area (Å²) < 4.78 is 52.9. The Kier molecular flexibility index (Phi) is 4.03. The lowest BCUT2D eigenvalue weighted by Crippen LogP contribution is -2.37. The van der Waals surface area contributed by atoms with Crippen LogP contribution in [0.1, 0.15) is 19.8 Å². The minimum absolute atomic E-state index is 0.0732. The zero-order valence-electron chi connectivity index (χ0n) is 11.3. The van der Waals surface area contributed by atoms with E-state index >= 15 is 0 Å². The van der Waals surface area contributed by atoms with Gasteiger partial charge in [0.25, 0.3) is 0 Å². The fourth-order valence-electron chi connectivity index (χ4n) is 2.51. The molecule has 1 aliphatic rings. The van der Waals surface area contributed by atoms with Gasteiger partial charge in [-0.1, -0.05) is 13.0 Å². The highest BCUT2D eigenvalue weighted by Crippen LogP contribution is 2.37. The highest BCUT2D eigenvalue weighted by molar-refractivity contribution is 7.89. The fraction of sp³-hybridized carbons (Fsp3) is 0.462. The van der Waals surface area contributed by atoms with E-state index in [1.54, 1.807) is 6.92 Å². The number of aliphatic carboxylic acids is 1. The van der Waals surface area contributed by atoms with Crippen LogP contribution in [0.4, 0.5) is 8.78 Å². The highest BCUT2D eigenvalue weighted by atomic mass is 32.2. The van der Waals surface area contributed by atoms with E-state index in [-0.39, 0.29) is 25.9 Å². The van der Waals surface area contributed by atoms with Gasteiger partial charge in [0, 0.05) is 13.1 Å². The van der Waals surface area contributed by atoms with E-state index in [0.717, 1.165) is 22.5 Å². The van der Waals surface area contributed by atoms with Crippen LogP contribution < -0.4 is 0 Å². The van der Waals surface area contributed by atoms with Gasteiger partial charge >= 0.3 is 5.97 Å². The summed E-state index contributed by atoms with van der Waals surface area (Å²) in [6.45, 7) is 1.29. The van der Waals surface area contributed by atoms with Crippen molar-refractivity contribution in [1.29, 1.82) is 0 Å². The van der Waals surface area contributed by atoms with Crippen molar-refractivity contribution in [1.82, 2.24) is 4.31 Å². The molecule has 1 atom stereocenters. The molecular formula is C13H15F2NO4S. The number of nitrogens with zero attached hydrogens (tertiary/aromatic N) is 1. The average Bonchev–Trinajstić information content (AvgIpc) is 2.84. The van der Waals surface area contributed by atoms with Crippen molar-refractivity contribution in [3.8, 4) is 0 Å². The zero-order valence-corrected chi connectivity index (χ0v) is 12.2. The summed E-state index contributed by atoms with van der Waals surface area (Å²) in [5.41, 5.74) is -1.20. The summed E-state index contributed by atoms with van der Waals surface area (Å²) in [5, 5.41) is 9.26. The molecular weight excluding hydrogens is 304 g/mol. The van der Waals surface area contributed by atoms with Crippen LogP contribution in [0, 0.1) is 17.0 Å². The summed E-state index contributed by atoms with van der Waals surface area (Å²) >= 11 is 0. The zero-order chi connectivity index (χ0) is 15.8. The normalized spacial score (nSPS) is 23.4. The van der Waals surface area contributed by atoms with Crippen LogP contribution in [-0.4, -0.2) is 36.9 Å². The van der Waals surface area contributed by atoms with E-state index in [2.05, 4.69) is 0 Å². The number of hydrogen-bond donors (Lipinski definition) is 1. The van der Waals surface area contributed by atoms with Gasteiger partial charge in [0.15, 0.2) is 4.90 Å². The quantitative estimate of drug-likeness (QED) is 0.919. The topological polar surface area (TPSA) is 74.7 Å². The van der Waals surface area contributed by atoms with Crippen molar-refractivity contribution in [2.24, 2.45) is 5.41 Å². The SMILES string of the molecule is CCC1(C(=O)O)CCN(S(=O)(=O)c2c(F)cccc2F)C1. The molecule has 8 heteroatoms. The molecule has 0 aliphatic carbocycles. The lowest BCUT2D eigenvalue weighted by Gasteiger charge is -2.23. The predicted molar refractivity (Wildman–Crippen MR) is 70.1 cm³/mol. The van der Waals surface area contributed by atoms with Crippen LogP contribution >= 0.6 is 0 Å². The van der Waals surface area contributed by atoms with Crippen LogP contribution in [0.25, 0.3) is 0 Å². The van der Waals surface area contributed by atoms with Gasteiger partial charge in [0.2, 0.25) is 10.0 Å². The Balaban J connectivity index is 2.41. The summed E-state index contributed by atoms with van der Waals surface area (Å²) in [6, 6.07) is 2.79. The van der Waals surface area contributed by atoms with E-state index in [9.17, 15) is 27.1 Å². The Labute approximate surface area is 121 Å². The van der Waals surface area contributed by atoms with Crippen LogP contribution in [0.5, 0.6) is 0 Å². The summed E-state index contributed by atoms with van der Waals surface area (Å²) in [5.74, 6) is -3.46. The smallest absolute Gasteiger partial charge is 0.311 e. The van der Waals surface area contributed by atoms with E-state index in [4.69, 9.17) is 0 Å². The molecule has 0 spiro atoms. The molecule has 0 aromatic heterocycles. The maximum absolute atomic E-state index is 13.7. The second-order valence-corrected chi connectivity index (χ2v) is 6.95. The molecule has 116 valence electrons. The van der Waals surface area contributed by atoms with Gasteiger partial charge in [-0.15, -0.1) is 0 Å². The monoisotopic (exact) mass is 319 g/mol. The maximum Gasteiger partial charge on any atom is 0.311 e. The van der Waals surface area contributed by atoms with Crippen molar-refractivity contribution in [3.63, 3.8) is 0 Å². The van der Waals surface area contributed by atoms with E-state index < -0.39 is 37.9 Å². The van der Waals surface area contributed by atoms with Gasteiger partial charge in [-0.05, 0) is 25.0 Å². The predicted octanol–water partition coefficient (Wildman–Crippen LogP) is 1.84. The molecule has 1 aliphatic heterocycles. The molecule has 1 saturated heterocycles. The molecule has 5 nitrogen and oxygen atoms in total. The van der Waals surface area contributed by atoms with E-state index in [1.807, 2.05) is 0 Å². The summed E-state index contributed by atoms with van der Waals surface area (Å²) in [6.07, 6.45) is 0.363. The van der Waals surface area contributed by atoms with Crippen molar-refractivity contribution in [3.05, 3.63) is 29.8 Å². The first-order valence-corrected chi connectivity index (χ1v) is 7.86. The van der Waals surface area contributed by atoms with Crippen molar-refractivity contribution >= 4 is 16.0 Å². The largest absolute Gasteiger partial charge is 0.481 e. The lowest BCUT2D eigenvalue weighted by atomic mass is 9.85.